The fraction of sp³-hybridized carbons (Fsp3) is 0.700. The minimum atomic E-state index is -0.560. The molecule has 0 bridgehead atoms. The number of rotatable bonds is 4. The number of carbonyl (C=O) groups excluding carboxylic acids is 1. The van der Waals surface area contributed by atoms with E-state index < -0.39 is 6.10 Å². The van der Waals surface area contributed by atoms with Gasteiger partial charge in [0.1, 0.15) is 12.7 Å². The van der Waals surface area contributed by atoms with E-state index in [0.29, 0.717) is 18.8 Å². The van der Waals surface area contributed by atoms with E-state index in [1.165, 1.54) is 6.92 Å². The molecule has 88 valence electrons. The van der Waals surface area contributed by atoms with Crippen molar-refractivity contribution in [2.75, 3.05) is 19.8 Å². The van der Waals surface area contributed by atoms with Gasteiger partial charge in [-0.05, 0) is 13.8 Å². The molecule has 5 heteroatoms. The summed E-state index contributed by atoms with van der Waals surface area (Å²) in [5, 5.41) is 16.0. The van der Waals surface area contributed by atoms with Crippen LogP contribution in [0.1, 0.15) is 13.8 Å². The summed E-state index contributed by atoms with van der Waals surface area (Å²) in [6.07, 6.45) is -0.418. The van der Waals surface area contributed by atoms with Crippen LogP contribution in [0.3, 0.4) is 0 Å². The van der Waals surface area contributed by atoms with Crippen LogP contribution in [0.5, 0.6) is 0 Å². The molecule has 1 saturated heterocycles. The molecule has 15 heavy (non-hydrogen) atoms. The molecule has 0 aromatic carbocycles. The van der Waals surface area contributed by atoms with E-state index in [1.807, 2.05) is 0 Å². The second kappa shape index (κ2) is 7.39. The average Bonchev–Trinajstić information content (AvgIpc) is 2.98. The zero-order valence-electron chi connectivity index (χ0n) is 9.10. The van der Waals surface area contributed by atoms with Crippen LogP contribution in [0.15, 0.2) is 12.2 Å². The number of carbonyl (C=O) groups is 1. The molecule has 1 aliphatic rings. The van der Waals surface area contributed by atoms with Gasteiger partial charge in [-0.3, -0.25) is 0 Å². The molecule has 1 fully saturated rings. The van der Waals surface area contributed by atoms with Gasteiger partial charge in [-0.25, -0.2) is 4.79 Å². The highest BCUT2D eigenvalue weighted by Gasteiger charge is 2.24. The largest absolute Gasteiger partial charge is 0.459 e. The van der Waals surface area contributed by atoms with E-state index in [0.717, 1.165) is 0 Å². The van der Waals surface area contributed by atoms with Crippen molar-refractivity contribution in [2.24, 2.45) is 0 Å². The van der Waals surface area contributed by atoms with E-state index >= 15 is 0 Å². The number of aliphatic hydroxyl groups is 2. The van der Waals surface area contributed by atoms with Gasteiger partial charge in [-0.1, -0.05) is 6.58 Å². The van der Waals surface area contributed by atoms with Crippen molar-refractivity contribution >= 4 is 5.97 Å². The molecular formula is C10H18O5. The van der Waals surface area contributed by atoms with Crippen molar-refractivity contribution in [1.29, 1.82) is 0 Å². The van der Waals surface area contributed by atoms with E-state index in [-0.39, 0.29) is 18.7 Å². The molecule has 0 aromatic heterocycles. The lowest BCUT2D eigenvalue weighted by Crippen LogP contribution is -2.09. The Morgan fingerprint density at radius 3 is 2.47 bits per heavy atom. The third-order valence-corrected chi connectivity index (χ3v) is 1.42. The van der Waals surface area contributed by atoms with Crippen LogP contribution < -0.4 is 0 Å². The third-order valence-electron chi connectivity index (χ3n) is 1.42. The summed E-state index contributed by atoms with van der Waals surface area (Å²) in [6.45, 7) is 7.53. The zero-order valence-corrected chi connectivity index (χ0v) is 9.10. The van der Waals surface area contributed by atoms with Gasteiger partial charge in [0.15, 0.2) is 0 Å². The van der Waals surface area contributed by atoms with Gasteiger partial charge >= 0.3 is 5.97 Å². The van der Waals surface area contributed by atoms with E-state index in [4.69, 9.17) is 19.7 Å². The molecule has 0 amide bonds. The maximum absolute atomic E-state index is 10.7. The van der Waals surface area contributed by atoms with Crippen LogP contribution in [0.25, 0.3) is 0 Å². The Morgan fingerprint density at radius 1 is 1.73 bits per heavy atom. The Hall–Kier alpha value is -0.910. The standard InChI is InChI=1S/C7H10O3.C3H8O2/c1-5(2)7(8)10-4-6-3-9-6;1-3(5)2-4/h6H,1,3-4H2,2H3;3-5H,2H2,1H3. The van der Waals surface area contributed by atoms with Gasteiger partial charge in [0, 0.05) is 5.57 Å². The lowest BCUT2D eigenvalue weighted by atomic mass is 10.4. The number of hydrogen-bond donors (Lipinski definition) is 2. The number of esters is 1. The van der Waals surface area contributed by atoms with E-state index in [9.17, 15) is 4.79 Å². The number of epoxide rings is 1. The van der Waals surface area contributed by atoms with Gasteiger partial charge in [0.2, 0.25) is 0 Å². The molecule has 1 aliphatic heterocycles. The maximum atomic E-state index is 10.7. The summed E-state index contributed by atoms with van der Waals surface area (Å²) < 4.78 is 9.60. The molecule has 0 aromatic rings. The summed E-state index contributed by atoms with van der Waals surface area (Å²) in [6, 6.07) is 0. The van der Waals surface area contributed by atoms with Crippen LogP contribution in [0, 0.1) is 0 Å². The van der Waals surface area contributed by atoms with Crippen LogP contribution in [0.2, 0.25) is 0 Å². The van der Waals surface area contributed by atoms with Crippen molar-refractivity contribution in [3.63, 3.8) is 0 Å². The number of hydrogen-bond acceptors (Lipinski definition) is 5. The quantitative estimate of drug-likeness (QED) is 0.390. The first-order chi connectivity index (χ1) is 6.97. The molecule has 2 N–H and O–H groups in total. The van der Waals surface area contributed by atoms with Crippen molar-refractivity contribution in [2.45, 2.75) is 26.1 Å². The van der Waals surface area contributed by atoms with Crippen molar-refractivity contribution < 1.29 is 24.5 Å². The van der Waals surface area contributed by atoms with Crippen molar-refractivity contribution in [1.82, 2.24) is 0 Å². The number of ether oxygens (including phenoxy) is 2. The fourth-order valence-electron chi connectivity index (χ4n) is 0.456. The Kier molecular flexibility index (Phi) is 6.94. The smallest absolute Gasteiger partial charge is 0.333 e. The van der Waals surface area contributed by atoms with E-state index in [2.05, 4.69) is 6.58 Å². The molecular weight excluding hydrogens is 200 g/mol. The van der Waals surface area contributed by atoms with E-state index in [1.54, 1.807) is 6.92 Å². The van der Waals surface area contributed by atoms with Gasteiger partial charge in [0.05, 0.1) is 19.3 Å². The molecule has 0 aliphatic carbocycles. The maximum Gasteiger partial charge on any atom is 0.333 e. The summed E-state index contributed by atoms with van der Waals surface area (Å²) in [7, 11) is 0. The predicted molar refractivity (Wildman–Crippen MR) is 54.3 cm³/mol. The van der Waals surface area contributed by atoms with Crippen LogP contribution >= 0.6 is 0 Å². The topological polar surface area (TPSA) is 79.3 Å². The molecule has 0 saturated carbocycles. The summed E-state index contributed by atoms with van der Waals surface area (Å²) in [5.74, 6) is -0.337. The lowest BCUT2D eigenvalue weighted by molar-refractivity contribution is -0.139. The Balaban J connectivity index is 0.000000336. The zero-order chi connectivity index (χ0) is 11.8. The van der Waals surface area contributed by atoms with Gasteiger partial charge in [-0.15, -0.1) is 0 Å². The predicted octanol–water partition coefficient (Wildman–Crippen LogP) is -0.136. The van der Waals surface area contributed by atoms with Gasteiger partial charge in [0.25, 0.3) is 0 Å². The van der Waals surface area contributed by atoms with Crippen LogP contribution in [0.4, 0.5) is 0 Å². The molecule has 0 radical (unpaired) electrons. The molecule has 2 unspecified atom stereocenters. The highest BCUT2D eigenvalue weighted by molar-refractivity contribution is 5.86. The van der Waals surface area contributed by atoms with Gasteiger partial charge in [-0.2, -0.15) is 0 Å². The first-order valence-electron chi connectivity index (χ1n) is 4.70. The molecule has 1 rings (SSSR count). The van der Waals surface area contributed by atoms with Gasteiger partial charge < -0.3 is 19.7 Å². The minimum Gasteiger partial charge on any atom is -0.459 e. The molecule has 0 spiro atoms. The average molecular weight is 218 g/mol. The molecule has 1 heterocycles. The second-order valence-corrected chi connectivity index (χ2v) is 3.37. The highest BCUT2D eigenvalue weighted by atomic mass is 16.6. The highest BCUT2D eigenvalue weighted by Crippen LogP contribution is 2.09. The first kappa shape index (κ1) is 14.1. The van der Waals surface area contributed by atoms with Crippen molar-refractivity contribution in [3.05, 3.63) is 12.2 Å². The Bertz CT molecular complexity index is 208. The lowest BCUT2D eigenvalue weighted by Gasteiger charge is -1.99. The minimum absolute atomic E-state index is 0.139. The van der Waals surface area contributed by atoms with Crippen LogP contribution in [-0.2, 0) is 14.3 Å². The summed E-state index contributed by atoms with van der Waals surface area (Å²) >= 11 is 0. The summed E-state index contributed by atoms with van der Waals surface area (Å²) in [5.41, 5.74) is 0.431. The SMILES string of the molecule is C=C(C)C(=O)OCC1CO1.CC(O)CO. The second-order valence-electron chi connectivity index (χ2n) is 3.37. The normalized spacial score (nSPS) is 19.6. The van der Waals surface area contributed by atoms with Crippen LogP contribution in [-0.4, -0.2) is 48.2 Å². The fourth-order valence-corrected chi connectivity index (χ4v) is 0.456. The molecule has 2 atom stereocenters. The number of aliphatic hydroxyl groups excluding tert-OH is 2. The summed E-state index contributed by atoms with van der Waals surface area (Å²) in [4.78, 5) is 10.7. The first-order valence-corrected chi connectivity index (χ1v) is 4.70. The Morgan fingerprint density at radius 2 is 2.20 bits per heavy atom. The molecule has 5 nitrogen and oxygen atoms in total. The van der Waals surface area contributed by atoms with Crippen molar-refractivity contribution in [3.8, 4) is 0 Å². The third kappa shape index (κ3) is 9.40. The Labute approximate surface area is 89.3 Å². The monoisotopic (exact) mass is 218 g/mol.